The zero-order valence-corrected chi connectivity index (χ0v) is 12.7. The van der Waals surface area contributed by atoms with Crippen molar-refractivity contribution < 1.29 is 19.4 Å². The Morgan fingerprint density at radius 1 is 1.27 bits per heavy atom. The lowest BCUT2D eigenvalue weighted by Gasteiger charge is -2.37. The zero-order valence-electron chi connectivity index (χ0n) is 12.7. The van der Waals surface area contributed by atoms with Crippen LogP contribution in [0, 0.1) is 5.41 Å². The molecule has 1 N–H and O–H groups in total. The summed E-state index contributed by atoms with van der Waals surface area (Å²) in [5.41, 5.74) is 0.825. The van der Waals surface area contributed by atoms with Crippen molar-refractivity contribution in [2.45, 2.75) is 38.4 Å². The standard InChI is InChI=1S/C17H21NO4/c1-12-10-18(11-14(22-12)15(19)20)16(21)17(7-8-17)9-13-5-3-2-4-6-13/h2-6,12,14H,7-11H2,1H3,(H,19,20)/t12-,14?/m1/s1. The van der Waals surface area contributed by atoms with Crippen LogP contribution in [0.5, 0.6) is 0 Å². The number of hydrogen-bond acceptors (Lipinski definition) is 3. The number of rotatable bonds is 4. The summed E-state index contributed by atoms with van der Waals surface area (Å²) in [4.78, 5) is 25.7. The molecule has 0 bridgehead atoms. The topological polar surface area (TPSA) is 66.8 Å². The monoisotopic (exact) mass is 303 g/mol. The van der Waals surface area contributed by atoms with E-state index in [0.29, 0.717) is 6.54 Å². The minimum atomic E-state index is -1.00. The Morgan fingerprint density at radius 2 is 1.95 bits per heavy atom. The number of benzene rings is 1. The molecule has 1 saturated heterocycles. The second-order valence-electron chi connectivity index (χ2n) is 6.43. The van der Waals surface area contributed by atoms with Gasteiger partial charge in [-0.3, -0.25) is 4.79 Å². The van der Waals surface area contributed by atoms with E-state index < -0.39 is 12.1 Å². The highest BCUT2D eigenvalue weighted by Gasteiger charge is 2.52. The molecular formula is C17H21NO4. The molecule has 1 unspecified atom stereocenters. The van der Waals surface area contributed by atoms with Crippen LogP contribution in [-0.2, 0) is 20.7 Å². The van der Waals surface area contributed by atoms with Crippen molar-refractivity contribution in [3.05, 3.63) is 35.9 Å². The molecule has 118 valence electrons. The Balaban J connectivity index is 1.71. The molecule has 2 aliphatic rings. The number of ether oxygens (including phenoxy) is 1. The lowest BCUT2D eigenvalue weighted by Crippen LogP contribution is -2.53. The van der Waals surface area contributed by atoms with E-state index in [-0.39, 0.29) is 24.0 Å². The number of carboxylic acids is 1. The van der Waals surface area contributed by atoms with Crippen molar-refractivity contribution in [1.29, 1.82) is 0 Å². The van der Waals surface area contributed by atoms with Crippen molar-refractivity contribution in [3.8, 4) is 0 Å². The molecule has 0 spiro atoms. The Hall–Kier alpha value is -1.88. The molecule has 0 aromatic heterocycles. The predicted molar refractivity (Wildman–Crippen MR) is 80.4 cm³/mol. The fourth-order valence-corrected chi connectivity index (χ4v) is 3.19. The van der Waals surface area contributed by atoms with Crippen molar-refractivity contribution in [1.82, 2.24) is 4.90 Å². The van der Waals surface area contributed by atoms with Crippen LogP contribution in [0.1, 0.15) is 25.3 Å². The molecule has 22 heavy (non-hydrogen) atoms. The highest BCUT2D eigenvalue weighted by atomic mass is 16.5. The van der Waals surface area contributed by atoms with E-state index in [1.165, 1.54) is 0 Å². The van der Waals surface area contributed by atoms with Crippen LogP contribution in [0.15, 0.2) is 30.3 Å². The van der Waals surface area contributed by atoms with Crippen molar-refractivity contribution in [2.75, 3.05) is 13.1 Å². The van der Waals surface area contributed by atoms with E-state index in [1.807, 2.05) is 37.3 Å². The smallest absolute Gasteiger partial charge is 0.334 e. The third kappa shape index (κ3) is 2.99. The zero-order chi connectivity index (χ0) is 15.7. The van der Waals surface area contributed by atoms with Crippen molar-refractivity contribution in [3.63, 3.8) is 0 Å². The summed E-state index contributed by atoms with van der Waals surface area (Å²) < 4.78 is 5.39. The molecule has 1 aliphatic carbocycles. The minimum absolute atomic E-state index is 0.0813. The van der Waals surface area contributed by atoms with Gasteiger partial charge in [0.15, 0.2) is 6.10 Å². The van der Waals surface area contributed by atoms with Gasteiger partial charge >= 0.3 is 5.97 Å². The van der Waals surface area contributed by atoms with Gasteiger partial charge in [-0.25, -0.2) is 4.79 Å². The number of aliphatic carboxylic acids is 1. The number of hydrogen-bond donors (Lipinski definition) is 1. The Labute approximate surface area is 129 Å². The molecule has 1 aromatic carbocycles. The second-order valence-corrected chi connectivity index (χ2v) is 6.43. The largest absolute Gasteiger partial charge is 0.479 e. The predicted octanol–water partition coefficient (Wildman–Crippen LogP) is 1.71. The van der Waals surface area contributed by atoms with Crippen LogP contribution in [0.3, 0.4) is 0 Å². The van der Waals surface area contributed by atoms with Crippen LogP contribution >= 0.6 is 0 Å². The molecular weight excluding hydrogens is 282 g/mol. The van der Waals surface area contributed by atoms with Gasteiger partial charge in [-0.05, 0) is 31.7 Å². The second kappa shape index (κ2) is 5.72. The van der Waals surface area contributed by atoms with Gasteiger partial charge in [0, 0.05) is 6.54 Å². The number of amides is 1. The number of carbonyl (C=O) groups is 2. The summed E-state index contributed by atoms with van der Waals surface area (Å²) in [5, 5.41) is 9.15. The summed E-state index contributed by atoms with van der Waals surface area (Å²) in [6, 6.07) is 10.00. The van der Waals surface area contributed by atoms with Crippen LogP contribution in [0.25, 0.3) is 0 Å². The van der Waals surface area contributed by atoms with Crippen LogP contribution in [0.4, 0.5) is 0 Å². The van der Waals surface area contributed by atoms with E-state index in [9.17, 15) is 9.59 Å². The maximum atomic E-state index is 12.9. The maximum absolute atomic E-state index is 12.9. The third-order valence-corrected chi connectivity index (χ3v) is 4.52. The summed E-state index contributed by atoms with van der Waals surface area (Å²) >= 11 is 0. The van der Waals surface area contributed by atoms with Crippen molar-refractivity contribution >= 4 is 11.9 Å². The van der Waals surface area contributed by atoms with Gasteiger partial charge in [0.25, 0.3) is 0 Å². The molecule has 2 fully saturated rings. The SMILES string of the molecule is C[C@@H]1CN(C(=O)C2(Cc3ccccc3)CC2)CC(C(=O)O)O1. The third-order valence-electron chi connectivity index (χ3n) is 4.52. The van der Waals surface area contributed by atoms with Crippen LogP contribution < -0.4 is 0 Å². The summed E-state index contributed by atoms with van der Waals surface area (Å²) in [7, 11) is 0. The molecule has 1 aromatic rings. The fourth-order valence-electron chi connectivity index (χ4n) is 3.19. The Bertz CT molecular complexity index is 567. The highest BCUT2D eigenvalue weighted by molar-refractivity contribution is 5.86. The quantitative estimate of drug-likeness (QED) is 0.919. The average Bonchev–Trinajstić information content (AvgIpc) is 3.27. The van der Waals surface area contributed by atoms with E-state index in [2.05, 4.69) is 0 Å². The van der Waals surface area contributed by atoms with Gasteiger partial charge in [0.1, 0.15) is 0 Å². The Kier molecular flexibility index (Phi) is 3.91. The van der Waals surface area contributed by atoms with Gasteiger partial charge in [-0.1, -0.05) is 30.3 Å². The van der Waals surface area contributed by atoms with Gasteiger partial charge in [0.2, 0.25) is 5.91 Å². The maximum Gasteiger partial charge on any atom is 0.334 e. The van der Waals surface area contributed by atoms with Crippen LogP contribution in [0.2, 0.25) is 0 Å². The normalized spacial score (nSPS) is 26.5. The van der Waals surface area contributed by atoms with E-state index in [0.717, 1.165) is 24.8 Å². The summed E-state index contributed by atoms with van der Waals surface area (Å²) in [6.45, 7) is 2.43. The highest BCUT2D eigenvalue weighted by Crippen LogP contribution is 2.50. The molecule has 2 atom stereocenters. The number of nitrogens with zero attached hydrogens (tertiary/aromatic N) is 1. The number of morpholine rings is 1. The molecule has 1 aliphatic heterocycles. The first-order valence-corrected chi connectivity index (χ1v) is 7.72. The number of carbonyl (C=O) groups excluding carboxylic acids is 1. The first-order chi connectivity index (χ1) is 10.5. The van der Waals surface area contributed by atoms with E-state index in [1.54, 1.807) is 4.90 Å². The van der Waals surface area contributed by atoms with Gasteiger partial charge in [-0.15, -0.1) is 0 Å². The molecule has 1 heterocycles. The van der Waals surface area contributed by atoms with Crippen molar-refractivity contribution in [2.24, 2.45) is 5.41 Å². The molecule has 1 saturated carbocycles. The lowest BCUT2D eigenvalue weighted by atomic mass is 9.94. The molecule has 5 nitrogen and oxygen atoms in total. The summed E-state index contributed by atoms with van der Waals surface area (Å²) in [6.07, 6.45) is 1.33. The van der Waals surface area contributed by atoms with E-state index >= 15 is 0 Å². The van der Waals surface area contributed by atoms with Gasteiger partial charge in [0.05, 0.1) is 18.1 Å². The van der Waals surface area contributed by atoms with Crippen LogP contribution in [-0.4, -0.2) is 47.2 Å². The number of carboxylic acid groups (broad SMARTS) is 1. The molecule has 0 radical (unpaired) electrons. The minimum Gasteiger partial charge on any atom is -0.479 e. The first-order valence-electron chi connectivity index (χ1n) is 7.72. The summed E-state index contributed by atoms with van der Waals surface area (Å²) in [5.74, 6) is -0.921. The van der Waals surface area contributed by atoms with Gasteiger partial charge < -0.3 is 14.7 Å². The molecule has 1 amide bonds. The molecule has 5 heteroatoms. The average molecular weight is 303 g/mol. The lowest BCUT2D eigenvalue weighted by molar-refractivity contribution is -0.168. The Morgan fingerprint density at radius 3 is 2.55 bits per heavy atom. The first kappa shape index (κ1) is 15.0. The molecule has 3 rings (SSSR count). The van der Waals surface area contributed by atoms with E-state index in [4.69, 9.17) is 9.84 Å². The fraction of sp³-hybridized carbons (Fsp3) is 0.529. The van der Waals surface area contributed by atoms with Gasteiger partial charge in [-0.2, -0.15) is 0 Å².